The smallest absolute Gasteiger partial charge is 0.238 e. The molecule has 0 atom stereocenters. The lowest BCUT2D eigenvalue weighted by Gasteiger charge is -2.19. The van der Waals surface area contributed by atoms with Crippen LogP contribution in [0.5, 0.6) is 0 Å². The van der Waals surface area contributed by atoms with Crippen LogP contribution in [0.4, 0.5) is 5.69 Å². The molecule has 4 nitrogen and oxygen atoms in total. The standard InChI is InChI=1S/C16H23N3OS/c1-2-12-21-15-7-4-3-6-14(15)18-16(20)13-19-10-5-8-17-9-11-19/h2-4,6-7,17H,1,5,8-13H2,(H,18,20). The molecular formula is C16H23N3OS. The molecule has 1 saturated heterocycles. The maximum absolute atomic E-state index is 12.2. The average Bonchev–Trinajstić information content (AvgIpc) is 2.75. The number of hydrogen-bond acceptors (Lipinski definition) is 4. The summed E-state index contributed by atoms with van der Waals surface area (Å²) < 4.78 is 0. The second-order valence-corrected chi connectivity index (χ2v) is 6.09. The summed E-state index contributed by atoms with van der Waals surface area (Å²) in [5.41, 5.74) is 0.891. The van der Waals surface area contributed by atoms with E-state index in [0.717, 1.165) is 48.9 Å². The van der Waals surface area contributed by atoms with E-state index in [1.165, 1.54) is 0 Å². The molecule has 0 saturated carbocycles. The van der Waals surface area contributed by atoms with Crippen molar-refractivity contribution in [1.82, 2.24) is 10.2 Å². The summed E-state index contributed by atoms with van der Waals surface area (Å²) in [6.45, 7) is 8.10. The van der Waals surface area contributed by atoms with Gasteiger partial charge in [0.1, 0.15) is 0 Å². The Morgan fingerprint density at radius 2 is 2.24 bits per heavy atom. The predicted octanol–water partition coefficient (Wildman–Crippen LogP) is 2.20. The number of nitrogens with one attached hydrogen (secondary N) is 2. The second kappa shape index (κ2) is 8.87. The maximum atomic E-state index is 12.2. The molecule has 0 unspecified atom stereocenters. The lowest BCUT2D eigenvalue weighted by Crippen LogP contribution is -2.35. The van der Waals surface area contributed by atoms with Crippen molar-refractivity contribution in [3.63, 3.8) is 0 Å². The molecule has 0 spiro atoms. The van der Waals surface area contributed by atoms with E-state index < -0.39 is 0 Å². The van der Waals surface area contributed by atoms with Crippen LogP contribution in [-0.4, -0.2) is 49.3 Å². The first-order valence-corrected chi connectivity index (χ1v) is 8.34. The molecule has 0 aromatic heterocycles. The summed E-state index contributed by atoms with van der Waals surface area (Å²) >= 11 is 1.68. The Balaban J connectivity index is 1.90. The largest absolute Gasteiger partial charge is 0.324 e. The normalized spacial score (nSPS) is 16.2. The van der Waals surface area contributed by atoms with Gasteiger partial charge in [0.15, 0.2) is 0 Å². The van der Waals surface area contributed by atoms with Gasteiger partial charge in [-0.15, -0.1) is 18.3 Å². The first-order chi connectivity index (χ1) is 10.3. The van der Waals surface area contributed by atoms with E-state index >= 15 is 0 Å². The van der Waals surface area contributed by atoms with E-state index in [9.17, 15) is 4.79 Å². The van der Waals surface area contributed by atoms with Gasteiger partial charge in [0, 0.05) is 23.7 Å². The Labute approximate surface area is 131 Å². The van der Waals surface area contributed by atoms with E-state index in [1.54, 1.807) is 11.8 Å². The number of benzene rings is 1. The number of amides is 1. The summed E-state index contributed by atoms with van der Waals surface area (Å²) in [5, 5.41) is 6.38. The Bertz CT molecular complexity index is 470. The quantitative estimate of drug-likeness (QED) is 0.625. The summed E-state index contributed by atoms with van der Waals surface area (Å²) in [6.07, 6.45) is 2.96. The zero-order valence-electron chi connectivity index (χ0n) is 12.3. The lowest BCUT2D eigenvalue weighted by molar-refractivity contribution is -0.117. The van der Waals surface area contributed by atoms with Crippen LogP contribution < -0.4 is 10.6 Å². The van der Waals surface area contributed by atoms with Crippen LogP contribution in [0.25, 0.3) is 0 Å². The van der Waals surface area contributed by atoms with Crippen LogP contribution in [0, 0.1) is 0 Å². The van der Waals surface area contributed by atoms with Crippen molar-refractivity contribution in [1.29, 1.82) is 0 Å². The lowest BCUT2D eigenvalue weighted by atomic mass is 10.3. The van der Waals surface area contributed by atoms with Gasteiger partial charge in [0.25, 0.3) is 0 Å². The van der Waals surface area contributed by atoms with Gasteiger partial charge in [0.05, 0.1) is 12.2 Å². The fourth-order valence-corrected chi connectivity index (χ4v) is 3.04. The molecule has 1 heterocycles. The van der Waals surface area contributed by atoms with Crippen molar-refractivity contribution in [2.45, 2.75) is 11.3 Å². The van der Waals surface area contributed by atoms with Gasteiger partial charge in [-0.1, -0.05) is 18.2 Å². The molecule has 0 radical (unpaired) electrons. The van der Waals surface area contributed by atoms with Crippen molar-refractivity contribution >= 4 is 23.4 Å². The van der Waals surface area contributed by atoms with E-state index in [-0.39, 0.29) is 5.91 Å². The predicted molar refractivity (Wildman–Crippen MR) is 89.9 cm³/mol. The van der Waals surface area contributed by atoms with Gasteiger partial charge >= 0.3 is 0 Å². The highest BCUT2D eigenvalue weighted by atomic mass is 32.2. The first-order valence-electron chi connectivity index (χ1n) is 7.35. The molecule has 1 aromatic carbocycles. The Hall–Kier alpha value is -1.30. The van der Waals surface area contributed by atoms with Gasteiger partial charge in [-0.25, -0.2) is 0 Å². The third-order valence-corrected chi connectivity index (χ3v) is 4.39. The first kappa shape index (κ1) is 16.1. The van der Waals surface area contributed by atoms with E-state index in [1.807, 2.05) is 30.3 Å². The number of carbonyl (C=O) groups excluding carboxylic acids is 1. The van der Waals surface area contributed by atoms with Crippen LogP contribution >= 0.6 is 11.8 Å². The molecule has 1 aliphatic rings. The van der Waals surface area contributed by atoms with Crippen molar-refractivity contribution < 1.29 is 4.79 Å². The van der Waals surface area contributed by atoms with Gasteiger partial charge in [0.2, 0.25) is 5.91 Å². The van der Waals surface area contributed by atoms with Crippen LogP contribution in [0.2, 0.25) is 0 Å². The number of nitrogens with zero attached hydrogens (tertiary/aromatic N) is 1. The average molecular weight is 305 g/mol. The number of hydrogen-bond donors (Lipinski definition) is 2. The topological polar surface area (TPSA) is 44.4 Å². The third kappa shape index (κ3) is 5.53. The third-order valence-electron chi connectivity index (χ3n) is 3.32. The molecular weight excluding hydrogens is 282 g/mol. The summed E-state index contributed by atoms with van der Waals surface area (Å²) in [7, 11) is 0. The SMILES string of the molecule is C=CCSc1ccccc1NC(=O)CN1CCCNCC1. The Morgan fingerprint density at radius 1 is 1.38 bits per heavy atom. The summed E-state index contributed by atoms with van der Waals surface area (Å²) in [6, 6.07) is 7.91. The minimum Gasteiger partial charge on any atom is -0.324 e. The Kier molecular flexibility index (Phi) is 6.79. The highest BCUT2D eigenvalue weighted by molar-refractivity contribution is 7.99. The minimum absolute atomic E-state index is 0.0588. The molecule has 1 amide bonds. The zero-order valence-corrected chi connectivity index (χ0v) is 13.1. The number of para-hydroxylation sites is 1. The maximum Gasteiger partial charge on any atom is 0.238 e. The van der Waals surface area contributed by atoms with E-state index in [2.05, 4.69) is 22.1 Å². The fourth-order valence-electron chi connectivity index (χ4n) is 2.30. The molecule has 2 N–H and O–H groups in total. The van der Waals surface area contributed by atoms with Gasteiger partial charge in [-0.05, 0) is 31.6 Å². The number of carbonyl (C=O) groups is 1. The van der Waals surface area contributed by atoms with E-state index in [0.29, 0.717) is 6.54 Å². The van der Waals surface area contributed by atoms with Gasteiger partial charge in [-0.2, -0.15) is 0 Å². The number of rotatable bonds is 6. The monoisotopic (exact) mass is 305 g/mol. The molecule has 21 heavy (non-hydrogen) atoms. The molecule has 5 heteroatoms. The van der Waals surface area contributed by atoms with Crippen LogP contribution in [0.3, 0.4) is 0 Å². The highest BCUT2D eigenvalue weighted by Gasteiger charge is 2.13. The second-order valence-electron chi connectivity index (χ2n) is 5.02. The summed E-state index contributed by atoms with van der Waals surface area (Å²) in [4.78, 5) is 15.5. The molecule has 0 bridgehead atoms. The molecule has 1 aliphatic heterocycles. The summed E-state index contributed by atoms with van der Waals surface area (Å²) in [5.74, 6) is 0.897. The number of anilines is 1. The van der Waals surface area contributed by atoms with Gasteiger partial charge in [-0.3, -0.25) is 9.69 Å². The van der Waals surface area contributed by atoms with Crippen LogP contribution in [-0.2, 0) is 4.79 Å². The highest BCUT2D eigenvalue weighted by Crippen LogP contribution is 2.26. The molecule has 2 rings (SSSR count). The van der Waals surface area contributed by atoms with Crippen molar-refractivity contribution in [3.05, 3.63) is 36.9 Å². The van der Waals surface area contributed by atoms with Crippen LogP contribution in [0.15, 0.2) is 41.8 Å². The Morgan fingerprint density at radius 3 is 3.10 bits per heavy atom. The molecule has 1 fully saturated rings. The molecule has 1 aromatic rings. The molecule has 114 valence electrons. The molecule has 0 aliphatic carbocycles. The fraction of sp³-hybridized carbons (Fsp3) is 0.438. The van der Waals surface area contributed by atoms with Crippen molar-refractivity contribution in [2.75, 3.05) is 43.8 Å². The number of thioether (sulfide) groups is 1. The van der Waals surface area contributed by atoms with Gasteiger partial charge < -0.3 is 10.6 Å². The van der Waals surface area contributed by atoms with Crippen molar-refractivity contribution in [2.24, 2.45) is 0 Å². The zero-order chi connectivity index (χ0) is 14.9. The van der Waals surface area contributed by atoms with E-state index in [4.69, 9.17) is 0 Å². The minimum atomic E-state index is 0.0588. The van der Waals surface area contributed by atoms with Crippen molar-refractivity contribution in [3.8, 4) is 0 Å². The van der Waals surface area contributed by atoms with Crippen LogP contribution in [0.1, 0.15) is 6.42 Å².